The number of nitrogen functional groups attached to an aromatic ring is 1. The summed E-state index contributed by atoms with van der Waals surface area (Å²) in [4.78, 5) is 2.23. The van der Waals surface area contributed by atoms with E-state index in [-0.39, 0.29) is 5.82 Å². The van der Waals surface area contributed by atoms with Crippen molar-refractivity contribution in [3.05, 3.63) is 63.9 Å². The molecule has 0 amide bonds. The highest BCUT2D eigenvalue weighted by atomic mass is 79.9. The fraction of sp³-hybridized carbons (Fsp3) is 0.250. The lowest BCUT2D eigenvalue weighted by atomic mass is 10.1. The second-order valence-electron chi connectivity index (χ2n) is 4.72. The van der Waals surface area contributed by atoms with Gasteiger partial charge in [0.05, 0.1) is 4.47 Å². The molecule has 106 valence electrons. The molecule has 0 saturated carbocycles. The van der Waals surface area contributed by atoms with Crippen molar-refractivity contribution in [3.63, 3.8) is 0 Å². The quantitative estimate of drug-likeness (QED) is 0.829. The van der Waals surface area contributed by atoms with E-state index in [4.69, 9.17) is 5.73 Å². The Hall–Kier alpha value is -1.39. The zero-order valence-corrected chi connectivity index (χ0v) is 13.0. The number of para-hydroxylation sites is 1. The van der Waals surface area contributed by atoms with Gasteiger partial charge >= 0.3 is 0 Å². The molecule has 0 spiro atoms. The van der Waals surface area contributed by atoms with E-state index >= 15 is 0 Å². The second-order valence-corrected chi connectivity index (χ2v) is 5.51. The number of anilines is 1. The van der Waals surface area contributed by atoms with Crippen LogP contribution in [0.25, 0.3) is 0 Å². The van der Waals surface area contributed by atoms with Crippen molar-refractivity contribution in [2.75, 3.05) is 12.3 Å². The molecule has 0 bridgehead atoms. The van der Waals surface area contributed by atoms with E-state index in [1.807, 2.05) is 30.3 Å². The van der Waals surface area contributed by atoms with E-state index in [1.54, 1.807) is 6.07 Å². The van der Waals surface area contributed by atoms with Crippen molar-refractivity contribution in [2.45, 2.75) is 20.0 Å². The van der Waals surface area contributed by atoms with E-state index in [0.29, 0.717) is 11.0 Å². The minimum atomic E-state index is -0.224. The van der Waals surface area contributed by atoms with E-state index in [0.717, 1.165) is 29.9 Å². The Morgan fingerprint density at radius 1 is 1.05 bits per heavy atom. The van der Waals surface area contributed by atoms with Crippen LogP contribution in [0.4, 0.5) is 10.1 Å². The molecule has 0 unspecified atom stereocenters. The number of halogens is 2. The van der Waals surface area contributed by atoms with E-state index in [1.165, 1.54) is 6.07 Å². The first-order chi connectivity index (χ1) is 9.61. The number of hydrogen-bond donors (Lipinski definition) is 1. The molecule has 2 aromatic carbocycles. The van der Waals surface area contributed by atoms with Crippen LogP contribution in [-0.2, 0) is 13.1 Å². The fourth-order valence-electron chi connectivity index (χ4n) is 2.11. The predicted molar refractivity (Wildman–Crippen MR) is 84.7 cm³/mol. The molecule has 2 rings (SSSR count). The summed E-state index contributed by atoms with van der Waals surface area (Å²) in [5.74, 6) is -0.224. The topological polar surface area (TPSA) is 29.3 Å². The van der Waals surface area contributed by atoms with Crippen molar-refractivity contribution in [1.29, 1.82) is 0 Å². The lowest BCUT2D eigenvalue weighted by Crippen LogP contribution is -2.23. The highest BCUT2D eigenvalue weighted by molar-refractivity contribution is 9.10. The second kappa shape index (κ2) is 6.86. The molecule has 0 heterocycles. The van der Waals surface area contributed by atoms with Gasteiger partial charge in [0.1, 0.15) is 5.82 Å². The van der Waals surface area contributed by atoms with Gasteiger partial charge in [0.25, 0.3) is 0 Å². The lowest BCUT2D eigenvalue weighted by molar-refractivity contribution is 0.271. The minimum absolute atomic E-state index is 0.224. The smallest absolute Gasteiger partial charge is 0.137 e. The van der Waals surface area contributed by atoms with Gasteiger partial charge in [-0.15, -0.1) is 0 Å². The summed E-state index contributed by atoms with van der Waals surface area (Å²) < 4.78 is 14.1. The zero-order valence-electron chi connectivity index (χ0n) is 11.4. The van der Waals surface area contributed by atoms with Crippen LogP contribution in [-0.4, -0.2) is 11.4 Å². The molecule has 0 aromatic heterocycles. The summed E-state index contributed by atoms with van der Waals surface area (Å²) in [5.41, 5.74) is 8.82. The monoisotopic (exact) mass is 336 g/mol. The molecule has 4 heteroatoms. The number of nitrogens with zero attached hydrogens (tertiary/aromatic N) is 1. The van der Waals surface area contributed by atoms with E-state index in [9.17, 15) is 4.39 Å². The minimum Gasteiger partial charge on any atom is -0.398 e. The van der Waals surface area contributed by atoms with Gasteiger partial charge in [-0.1, -0.05) is 37.3 Å². The average molecular weight is 337 g/mol. The number of nitrogens with two attached hydrogens (primary N) is 1. The molecule has 0 aliphatic heterocycles. The van der Waals surface area contributed by atoms with Crippen molar-refractivity contribution < 1.29 is 4.39 Å². The Bertz CT molecular complexity index is 586. The Balaban J connectivity index is 2.14. The highest BCUT2D eigenvalue weighted by Gasteiger charge is 2.11. The van der Waals surface area contributed by atoms with Gasteiger partial charge < -0.3 is 5.73 Å². The van der Waals surface area contributed by atoms with Gasteiger partial charge in [-0.3, -0.25) is 4.90 Å². The molecule has 0 radical (unpaired) electrons. The molecule has 2 aromatic rings. The average Bonchev–Trinajstić information content (AvgIpc) is 2.45. The van der Waals surface area contributed by atoms with Gasteiger partial charge in [-0.05, 0) is 45.7 Å². The number of hydrogen-bond acceptors (Lipinski definition) is 2. The Kier molecular flexibility index (Phi) is 5.15. The zero-order chi connectivity index (χ0) is 14.5. The van der Waals surface area contributed by atoms with Gasteiger partial charge in [-0.25, -0.2) is 4.39 Å². The maximum absolute atomic E-state index is 13.5. The van der Waals surface area contributed by atoms with Gasteiger partial charge in [-0.2, -0.15) is 0 Å². The fourth-order valence-corrected chi connectivity index (χ4v) is 2.50. The summed E-state index contributed by atoms with van der Waals surface area (Å²) in [6.07, 6.45) is 0. The van der Waals surface area contributed by atoms with E-state index < -0.39 is 0 Å². The van der Waals surface area contributed by atoms with Crippen LogP contribution >= 0.6 is 15.9 Å². The molecule has 0 fully saturated rings. The van der Waals surface area contributed by atoms with Crippen LogP contribution in [0.15, 0.2) is 46.9 Å². The lowest BCUT2D eigenvalue weighted by Gasteiger charge is -2.22. The molecule has 0 aliphatic carbocycles. The van der Waals surface area contributed by atoms with Crippen LogP contribution in [0.2, 0.25) is 0 Å². The van der Waals surface area contributed by atoms with Crippen molar-refractivity contribution in [3.8, 4) is 0 Å². The molecule has 20 heavy (non-hydrogen) atoms. The third-order valence-corrected chi connectivity index (χ3v) is 4.21. The maximum Gasteiger partial charge on any atom is 0.137 e. The molecule has 0 aliphatic rings. The summed E-state index contributed by atoms with van der Waals surface area (Å²) in [5, 5.41) is 0. The van der Waals surface area contributed by atoms with Crippen LogP contribution in [0, 0.1) is 5.82 Å². The third-order valence-electron chi connectivity index (χ3n) is 3.32. The van der Waals surface area contributed by atoms with E-state index in [2.05, 4.69) is 27.8 Å². The van der Waals surface area contributed by atoms with Crippen LogP contribution in [0.1, 0.15) is 18.1 Å². The standard InChI is InChI=1S/C16H18BrFN2/c1-2-20(10-12-6-3-4-9-15(12)19)11-13-7-5-8-14(18)16(13)17/h3-9H,2,10-11,19H2,1H3. The molecule has 0 saturated heterocycles. The number of rotatable bonds is 5. The molecular formula is C16H18BrFN2. The first-order valence-electron chi connectivity index (χ1n) is 6.60. The predicted octanol–water partition coefficient (Wildman–Crippen LogP) is 4.19. The van der Waals surface area contributed by atoms with Gasteiger partial charge in [0.2, 0.25) is 0 Å². The largest absolute Gasteiger partial charge is 0.398 e. The number of benzene rings is 2. The summed E-state index contributed by atoms with van der Waals surface area (Å²) >= 11 is 3.31. The Labute approximate surface area is 127 Å². The van der Waals surface area contributed by atoms with Crippen molar-refractivity contribution in [1.82, 2.24) is 4.90 Å². The molecule has 2 N–H and O–H groups in total. The van der Waals surface area contributed by atoms with Crippen LogP contribution < -0.4 is 5.73 Å². The first kappa shape index (κ1) is 15.0. The van der Waals surface area contributed by atoms with Gasteiger partial charge in [0.15, 0.2) is 0 Å². The van der Waals surface area contributed by atoms with Gasteiger partial charge in [0, 0.05) is 18.8 Å². The molecule has 2 nitrogen and oxygen atoms in total. The van der Waals surface area contributed by atoms with Crippen LogP contribution in [0.5, 0.6) is 0 Å². The normalized spacial score (nSPS) is 11.0. The maximum atomic E-state index is 13.5. The summed E-state index contributed by atoms with van der Waals surface area (Å²) in [6.45, 7) is 4.40. The Morgan fingerprint density at radius 2 is 1.70 bits per heavy atom. The van der Waals surface area contributed by atoms with Crippen molar-refractivity contribution in [2.24, 2.45) is 0 Å². The first-order valence-corrected chi connectivity index (χ1v) is 7.39. The summed E-state index contributed by atoms with van der Waals surface area (Å²) in [6, 6.07) is 13.0. The Morgan fingerprint density at radius 3 is 2.40 bits per heavy atom. The summed E-state index contributed by atoms with van der Waals surface area (Å²) in [7, 11) is 0. The highest BCUT2D eigenvalue weighted by Crippen LogP contribution is 2.23. The van der Waals surface area contributed by atoms with Crippen molar-refractivity contribution >= 4 is 21.6 Å². The third kappa shape index (κ3) is 3.58. The molecule has 0 atom stereocenters. The van der Waals surface area contributed by atoms with Crippen LogP contribution in [0.3, 0.4) is 0 Å². The SMILES string of the molecule is CCN(Cc1ccccc1N)Cc1cccc(F)c1Br. The molecular weight excluding hydrogens is 319 g/mol.